The summed E-state index contributed by atoms with van der Waals surface area (Å²) in [5.41, 5.74) is 5.31. The van der Waals surface area contributed by atoms with E-state index in [2.05, 4.69) is 9.80 Å². The predicted octanol–water partition coefficient (Wildman–Crippen LogP) is 4.50. The van der Waals surface area contributed by atoms with Crippen molar-refractivity contribution in [2.75, 3.05) is 53.3 Å². The van der Waals surface area contributed by atoms with Crippen molar-refractivity contribution in [3.63, 3.8) is 0 Å². The zero-order valence-corrected chi connectivity index (χ0v) is 21.8. The number of aryl methyl sites for hydroxylation is 2. The fourth-order valence-corrected chi connectivity index (χ4v) is 6.96. The van der Waals surface area contributed by atoms with E-state index in [0.717, 1.165) is 28.1 Å². The second kappa shape index (κ2) is 9.19. The number of nitrogens with zero attached hydrogens (tertiary/aromatic N) is 4. The Morgan fingerprint density at radius 1 is 0.865 bits per heavy atom. The van der Waals surface area contributed by atoms with E-state index in [1.54, 1.807) is 11.0 Å². The maximum Gasteiger partial charge on any atom is 0.269 e. The molecule has 0 unspecified atom stereocenters. The molecule has 0 N–H and O–H groups in total. The van der Waals surface area contributed by atoms with Gasteiger partial charge in [0.2, 0.25) is 10.8 Å². The Morgan fingerprint density at radius 3 is 2.30 bits per heavy atom. The van der Waals surface area contributed by atoms with Crippen LogP contribution in [0.3, 0.4) is 0 Å². The number of halogens is 1. The number of carbonyl (C=O) groups is 2. The Hall–Kier alpha value is -3.36. The molecule has 3 heterocycles. The lowest BCUT2D eigenvalue weighted by molar-refractivity contribution is -0.124. The fourth-order valence-electron chi connectivity index (χ4n) is 5.60. The first-order valence-corrected chi connectivity index (χ1v) is 13.6. The molecule has 0 aromatic heterocycles. The largest absolute Gasteiger partial charge is 0.367 e. The third kappa shape index (κ3) is 3.81. The Bertz CT molecular complexity index is 1390. The maximum absolute atomic E-state index is 14.3. The molecule has 6 nitrogen and oxygen atoms in total. The van der Waals surface area contributed by atoms with Gasteiger partial charge in [-0.05, 0) is 55.3 Å². The molecule has 8 heteroatoms. The van der Waals surface area contributed by atoms with Crippen LogP contribution in [-0.2, 0) is 14.5 Å². The lowest BCUT2D eigenvalue weighted by Gasteiger charge is -2.38. The number of thioether (sulfide) groups is 1. The predicted molar refractivity (Wildman–Crippen MR) is 147 cm³/mol. The molecule has 0 radical (unpaired) electrons. The normalized spacial score (nSPS) is 21.9. The van der Waals surface area contributed by atoms with Crippen LogP contribution in [0.2, 0.25) is 0 Å². The molecule has 1 spiro atoms. The second-order valence-electron chi connectivity index (χ2n) is 9.88. The van der Waals surface area contributed by atoms with Crippen molar-refractivity contribution in [3.8, 4) is 0 Å². The van der Waals surface area contributed by atoms with E-state index in [1.807, 2.05) is 73.3 Å². The van der Waals surface area contributed by atoms with E-state index in [4.69, 9.17) is 0 Å². The third-order valence-electron chi connectivity index (χ3n) is 7.72. The first-order chi connectivity index (χ1) is 17.9. The SMILES string of the molecule is Cc1ccc(N2C(=O)CS[C@@]23C(=O)N(CN2CCN(c4ccccc4F)CC2)c2ccccc23)cc1C. The molecule has 3 aromatic rings. The van der Waals surface area contributed by atoms with Gasteiger partial charge in [0.05, 0.1) is 23.8 Å². The Morgan fingerprint density at radius 2 is 1.57 bits per heavy atom. The smallest absolute Gasteiger partial charge is 0.269 e. The number of hydrogen-bond donors (Lipinski definition) is 0. The van der Waals surface area contributed by atoms with Crippen molar-refractivity contribution >= 4 is 40.6 Å². The molecule has 3 aliphatic rings. The van der Waals surface area contributed by atoms with Crippen LogP contribution < -0.4 is 14.7 Å². The van der Waals surface area contributed by atoms with Gasteiger partial charge in [0.25, 0.3) is 5.91 Å². The number of carbonyl (C=O) groups excluding carboxylic acids is 2. The van der Waals surface area contributed by atoms with E-state index in [0.29, 0.717) is 38.5 Å². The molecular weight excluding hydrogens is 487 g/mol. The lowest BCUT2D eigenvalue weighted by Crippen LogP contribution is -2.54. The van der Waals surface area contributed by atoms with Gasteiger partial charge >= 0.3 is 0 Å². The van der Waals surface area contributed by atoms with Crippen molar-refractivity contribution in [2.24, 2.45) is 0 Å². The topological polar surface area (TPSA) is 47.1 Å². The lowest BCUT2D eigenvalue weighted by atomic mass is 10.0. The third-order valence-corrected chi connectivity index (χ3v) is 9.11. The molecule has 0 bridgehead atoms. The number of anilines is 3. The highest BCUT2D eigenvalue weighted by Gasteiger charge is 2.61. The van der Waals surface area contributed by atoms with E-state index >= 15 is 0 Å². The van der Waals surface area contributed by atoms with Crippen LogP contribution in [0.4, 0.5) is 21.5 Å². The summed E-state index contributed by atoms with van der Waals surface area (Å²) in [4.78, 5) is 34.3. The summed E-state index contributed by atoms with van der Waals surface area (Å²) in [6.07, 6.45) is 0. The second-order valence-corrected chi connectivity index (χ2v) is 11.0. The number of benzene rings is 3. The molecule has 3 aliphatic heterocycles. The number of amides is 2. The Labute approximate surface area is 220 Å². The first-order valence-electron chi connectivity index (χ1n) is 12.6. The van der Waals surface area contributed by atoms with Crippen molar-refractivity contribution < 1.29 is 14.0 Å². The van der Waals surface area contributed by atoms with Crippen molar-refractivity contribution in [1.29, 1.82) is 0 Å². The monoisotopic (exact) mass is 516 g/mol. The number of hydrogen-bond acceptors (Lipinski definition) is 5. The maximum atomic E-state index is 14.3. The van der Waals surface area contributed by atoms with Crippen LogP contribution >= 0.6 is 11.8 Å². The van der Waals surface area contributed by atoms with Crippen LogP contribution in [0, 0.1) is 19.7 Å². The van der Waals surface area contributed by atoms with Crippen molar-refractivity contribution in [3.05, 3.63) is 89.2 Å². The average molecular weight is 517 g/mol. The van der Waals surface area contributed by atoms with E-state index in [9.17, 15) is 14.0 Å². The minimum Gasteiger partial charge on any atom is -0.367 e. The summed E-state index contributed by atoms with van der Waals surface area (Å²) < 4.78 is 14.3. The van der Waals surface area contributed by atoms with Gasteiger partial charge in [-0.3, -0.25) is 24.3 Å². The zero-order valence-electron chi connectivity index (χ0n) is 21.0. The summed E-state index contributed by atoms with van der Waals surface area (Å²) in [6.45, 7) is 7.27. The number of rotatable bonds is 4. The summed E-state index contributed by atoms with van der Waals surface area (Å²) in [5.74, 6) is -0.103. The average Bonchev–Trinajstić information content (AvgIpc) is 3.37. The van der Waals surface area contributed by atoms with Gasteiger partial charge in [0, 0.05) is 37.4 Å². The van der Waals surface area contributed by atoms with Gasteiger partial charge in [-0.25, -0.2) is 4.39 Å². The van der Waals surface area contributed by atoms with Crippen LogP contribution in [0.5, 0.6) is 0 Å². The van der Waals surface area contributed by atoms with Crippen LogP contribution in [0.15, 0.2) is 66.7 Å². The number of para-hydroxylation sites is 2. The molecule has 2 saturated heterocycles. The highest BCUT2D eigenvalue weighted by Crippen LogP contribution is 2.55. The summed E-state index contributed by atoms with van der Waals surface area (Å²) >= 11 is 1.41. The van der Waals surface area contributed by atoms with Gasteiger partial charge in [0.15, 0.2) is 0 Å². The van der Waals surface area contributed by atoms with E-state index in [1.165, 1.54) is 17.8 Å². The highest BCUT2D eigenvalue weighted by atomic mass is 32.2. The summed E-state index contributed by atoms with van der Waals surface area (Å²) in [6, 6.07) is 20.6. The Kier molecular flexibility index (Phi) is 5.96. The molecule has 3 aromatic carbocycles. The molecular formula is C29H29FN4O2S. The molecule has 0 aliphatic carbocycles. The molecule has 2 amide bonds. The molecule has 190 valence electrons. The van der Waals surface area contributed by atoms with Gasteiger partial charge in [-0.1, -0.05) is 36.4 Å². The molecule has 6 rings (SSSR count). The molecule has 1 atom stereocenters. The van der Waals surface area contributed by atoms with Crippen LogP contribution in [-0.4, -0.2) is 55.3 Å². The first kappa shape index (κ1) is 24.0. The van der Waals surface area contributed by atoms with Crippen molar-refractivity contribution in [2.45, 2.75) is 18.7 Å². The fraction of sp³-hybridized carbons (Fsp3) is 0.310. The van der Waals surface area contributed by atoms with E-state index in [-0.39, 0.29) is 23.4 Å². The van der Waals surface area contributed by atoms with Crippen LogP contribution in [0.1, 0.15) is 16.7 Å². The molecule has 0 saturated carbocycles. The summed E-state index contributed by atoms with van der Waals surface area (Å²) in [7, 11) is 0. The zero-order chi connectivity index (χ0) is 25.7. The minimum atomic E-state index is -1.11. The van der Waals surface area contributed by atoms with Gasteiger partial charge in [-0.2, -0.15) is 0 Å². The standard InChI is InChI=1S/C29H29FN4O2S/c1-20-11-12-22(17-21(20)2)34-27(35)18-37-29(34)23-7-3-5-9-25(23)33(28(29)36)19-31-13-15-32(16-14-31)26-10-6-4-8-24(26)30/h3-12,17H,13-16,18-19H2,1-2H3/t29-/m0/s1. The van der Waals surface area contributed by atoms with Gasteiger partial charge in [-0.15, -0.1) is 11.8 Å². The van der Waals surface area contributed by atoms with Crippen LogP contribution in [0.25, 0.3) is 0 Å². The molecule has 37 heavy (non-hydrogen) atoms. The molecule has 2 fully saturated rings. The quantitative estimate of drug-likeness (QED) is 0.511. The van der Waals surface area contributed by atoms with E-state index < -0.39 is 4.87 Å². The minimum absolute atomic E-state index is 0.0586. The Balaban J connectivity index is 1.29. The number of fused-ring (bicyclic) bond motifs is 2. The summed E-state index contributed by atoms with van der Waals surface area (Å²) in [5, 5.41) is 0. The van der Waals surface area contributed by atoms with Gasteiger partial charge < -0.3 is 4.90 Å². The number of piperazine rings is 1. The van der Waals surface area contributed by atoms with Gasteiger partial charge in [0.1, 0.15) is 5.82 Å². The van der Waals surface area contributed by atoms with Crippen molar-refractivity contribution in [1.82, 2.24) is 4.90 Å². The highest BCUT2D eigenvalue weighted by molar-refractivity contribution is 8.02.